The Morgan fingerprint density at radius 2 is 1.94 bits per heavy atom. The maximum atomic E-state index is 12.7. The van der Waals surface area contributed by atoms with Gasteiger partial charge in [-0.05, 0) is 24.1 Å². The monoisotopic (exact) mass is 275 g/mol. The smallest absolute Gasteiger partial charge is 0.324 e. The highest BCUT2D eigenvalue weighted by atomic mass is 35.5. The van der Waals surface area contributed by atoms with Crippen LogP contribution in [0.2, 0.25) is 0 Å². The van der Waals surface area contributed by atoms with Gasteiger partial charge in [-0.1, -0.05) is 31.9 Å². The molecule has 3 nitrogen and oxygen atoms in total. The van der Waals surface area contributed by atoms with Crippen LogP contribution in [0.25, 0.3) is 0 Å². The molecule has 0 unspecified atom stereocenters. The molecule has 0 aliphatic heterocycles. The molecule has 0 amide bonds. The zero-order valence-electron chi connectivity index (χ0n) is 10.4. The number of hydrogen-bond acceptors (Lipinski definition) is 2. The molecule has 5 heteroatoms. The number of nitrogens with two attached hydrogens (primary N) is 1. The summed E-state index contributed by atoms with van der Waals surface area (Å²) in [6.07, 6.45) is 2.32. The lowest BCUT2D eigenvalue weighted by Gasteiger charge is -2.24. The van der Waals surface area contributed by atoms with E-state index in [4.69, 9.17) is 5.73 Å². The van der Waals surface area contributed by atoms with E-state index < -0.39 is 11.5 Å². The molecule has 0 saturated carbocycles. The molecule has 0 aliphatic carbocycles. The van der Waals surface area contributed by atoms with Crippen LogP contribution >= 0.6 is 12.4 Å². The van der Waals surface area contributed by atoms with Crippen molar-refractivity contribution in [2.75, 3.05) is 0 Å². The van der Waals surface area contributed by atoms with E-state index in [9.17, 15) is 14.3 Å². The average Bonchev–Trinajstić information content (AvgIpc) is 2.29. The Hall–Kier alpha value is -1.13. The first kappa shape index (κ1) is 16.9. The Labute approximate surface area is 113 Å². The van der Waals surface area contributed by atoms with E-state index in [0.717, 1.165) is 18.4 Å². The number of hydrogen-bond donors (Lipinski definition) is 2. The molecule has 1 aromatic carbocycles. The van der Waals surface area contributed by atoms with E-state index in [1.54, 1.807) is 12.1 Å². The van der Waals surface area contributed by atoms with Crippen LogP contribution < -0.4 is 5.73 Å². The maximum absolute atomic E-state index is 12.7. The second-order valence-corrected chi connectivity index (χ2v) is 4.37. The molecule has 1 aromatic rings. The predicted octanol–water partition coefficient (Wildman–Crippen LogP) is 2.76. The van der Waals surface area contributed by atoms with Gasteiger partial charge in [0.1, 0.15) is 11.4 Å². The van der Waals surface area contributed by atoms with Crippen molar-refractivity contribution in [3.05, 3.63) is 35.6 Å². The average molecular weight is 276 g/mol. The van der Waals surface area contributed by atoms with Gasteiger partial charge in [0.25, 0.3) is 0 Å². The molecule has 3 N–H and O–H groups in total. The van der Waals surface area contributed by atoms with E-state index in [2.05, 4.69) is 0 Å². The first-order valence-corrected chi connectivity index (χ1v) is 5.74. The number of benzene rings is 1. The number of rotatable bonds is 6. The van der Waals surface area contributed by atoms with Gasteiger partial charge in [0.2, 0.25) is 0 Å². The summed E-state index contributed by atoms with van der Waals surface area (Å²) >= 11 is 0. The minimum Gasteiger partial charge on any atom is -0.480 e. The van der Waals surface area contributed by atoms with Crippen molar-refractivity contribution >= 4 is 18.4 Å². The highest BCUT2D eigenvalue weighted by Gasteiger charge is 2.33. The second-order valence-electron chi connectivity index (χ2n) is 4.37. The SMILES string of the molecule is CCCC[C@](N)(Cc1ccc(F)cc1)C(=O)O.Cl. The molecule has 1 rings (SSSR count). The summed E-state index contributed by atoms with van der Waals surface area (Å²) in [5, 5.41) is 9.18. The summed E-state index contributed by atoms with van der Waals surface area (Å²) in [5.41, 5.74) is 5.39. The third-order valence-electron chi connectivity index (χ3n) is 2.84. The fraction of sp³-hybridized carbons (Fsp3) is 0.462. The third-order valence-corrected chi connectivity index (χ3v) is 2.84. The Morgan fingerprint density at radius 1 is 1.39 bits per heavy atom. The van der Waals surface area contributed by atoms with Gasteiger partial charge in [-0.15, -0.1) is 12.4 Å². The first-order valence-electron chi connectivity index (χ1n) is 5.74. The van der Waals surface area contributed by atoms with Crippen molar-refractivity contribution in [2.45, 2.75) is 38.1 Å². The number of carboxylic acid groups (broad SMARTS) is 1. The number of carbonyl (C=O) groups is 1. The molecule has 0 heterocycles. The molecular formula is C13H19ClFNO2. The van der Waals surface area contributed by atoms with E-state index >= 15 is 0 Å². The second kappa shape index (κ2) is 7.34. The van der Waals surface area contributed by atoms with Crippen LogP contribution in [0.1, 0.15) is 31.7 Å². The van der Waals surface area contributed by atoms with Crippen LogP contribution in [0.15, 0.2) is 24.3 Å². The lowest BCUT2D eigenvalue weighted by Crippen LogP contribution is -2.49. The van der Waals surface area contributed by atoms with Gasteiger partial charge in [-0.3, -0.25) is 4.79 Å². The van der Waals surface area contributed by atoms with Crippen LogP contribution in [0.5, 0.6) is 0 Å². The molecule has 0 aliphatic rings. The first-order chi connectivity index (χ1) is 7.98. The summed E-state index contributed by atoms with van der Waals surface area (Å²) in [7, 11) is 0. The number of aliphatic carboxylic acids is 1. The zero-order valence-corrected chi connectivity index (χ0v) is 11.2. The zero-order chi connectivity index (χ0) is 12.9. The fourth-order valence-electron chi connectivity index (χ4n) is 1.73. The number of carboxylic acids is 1. The fourth-order valence-corrected chi connectivity index (χ4v) is 1.73. The third kappa shape index (κ3) is 4.63. The van der Waals surface area contributed by atoms with Crippen LogP contribution in [0.4, 0.5) is 4.39 Å². The van der Waals surface area contributed by atoms with Crippen LogP contribution in [0.3, 0.4) is 0 Å². The van der Waals surface area contributed by atoms with Gasteiger partial charge in [-0.2, -0.15) is 0 Å². The van der Waals surface area contributed by atoms with Crippen LogP contribution in [0, 0.1) is 5.82 Å². The molecule has 18 heavy (non-hydrogen) atoms. The lowest BCUT2D eigenvalue weighted by molar-refractivity contribution is -0.143. The van der Waals surface area contributed by atoms with E-state index in [1.807, 2.05) is 6.92 Å². The Morgan fingerprint density at radius 3 is 2.39 bits per heavy atom. The Kier molecular flexibility index (Phi) is 6.88. The topological polar surface area (TPSA) is 63.3 Å². The van der Waals surface area contributed by atoms with E-state index in [1.165, 1.54) is 12.1 Å². The molecule has 0 aromatic heterocycles. The van der Waals surface area contributed by atoms with Crippen molar-refractivity contribution in [1.82, 2.24) is 0 Å². The molecule has 0 radical (unpaired) electrons. The normalized spacial score (nSPS) is 13.5. The summed E-state index contributed by atoms with van der Waals surface area (Å²) in [6.45, 7) is 1.99. The summed E-state index contributed by atoms with van der Waals surface area (Å²) in [5.74, 6) is -1.34. The van der Waals surface area contributed by atoms with Gasteiger partial charge < -0.3 is 10.8 Å². The molecule has 102 valence electrons. The minimum atomic E-state index is -1.26. The molecule has 0 fully saturated rings. The predicted molar refractivity (Wildman–Crippen MR) is 71.4 cm³/mol. The lowest BCUT2D eigenvalue weighted by atomic mass is 9.87. The largest absolute Gasteiger partial charge is 0.480 e. The van der Waals surface area contributed by atoms with E-state index in [0.29, 0.717) is 6.42 Å². The molecule has 1 atom stereocenters. The van der Waals surface area contributed by atoms with Gasteiger partial charge in [0.05, 0.1) is 0 Å². The summed E-state index contributed by atoms with van der Waals surface area (Å²) < 4.78 is 12.7. The quantitative estimate of drug-likeness (QED) is 0.839. The van der Waals surface area contributed by atoms with E-state index in [-0.39, 0.29) is 24.6 Å². The molecule has 0 saturated heterocycles. The highest BCUT2D eigenvalue weighted by molar-refractivity contribution is 5.85. The van der Waals surface area contributed by atoms with Gasteiger partial charge in [0, 0.05) is 6.42 Å². The van der Waals surface area contributed by atoms with Crippen molar-refractivity contribution in [3.8, 4) is 0 Å². The van der Waals surface area contributed by atoms with Gasteiger partial charge in [-0.25, -0.2) is 4.39 Å². The molecular weight excluding hydrogens is 257 g/mol. The van der Waals surface area contributed by atoms with Crippen molar-refractivity contribution in [3.63, 3.8) is 0 Å². The Bertz CT molecular complexity index is 383. The van der Waals surface area contributed by atoms with Crippen molar-refractivity contribution in [2.24, 2.45) is 5.73 Å². The number of unbranched alkanes of at least 4 members (excludes halogenated alkanes) is 1. The van der Waals surface area contributed by atoms with Crippen molar-refractivity contribution < 1.29 is 14.3 Å². The maximum Gasteiger partial charge on any atom is 0.324 e. The van der Waals surface area contributed by atoms with Crippen LogP contribution in [-0.4, -0.2) is 16.6 Å². The van der Waals surface area contributed by atoms with Gasteiger partial charge in [0.15, 0.2) is 0 Å². The summed E-state index contributed by atoms with van der Waals surface area (Å²) in [6, 6.07) is 5.78. The highest BCUT2D eigenvalue weighted by Crippen LogP contribution is 2.18. The minimum absolute atomic E-state index is 0. The van der Waals surface area contributed by atoms with Crippen molar-refractivity contribution in [1.29, 1.82) is 0 Å². The standard InChI is InChI=1S/C13H18FNO2.ClH/c1-2-3-8-13(15,12(16)17)9-10-4-6-11(14)7-5-10;/h4-7H,2-3,8-9,15H2,1H3,(H,16,17);1H/t13-;/m0./s1. The summed E-state index contributed by atoms with van der Waals surface area (Å²) in [4.78, 5) is 11.2. The Balaban J connectivity index is 0.00000289. The molecule has 0 bridgehead atoms. The molecule has 0 spiro atoms. The van der Waals surface area contributed by atoms with Gasteiger partial charge >= 0.3 is 5.97 Å². The number of halogens is 2. The van der Waals surface area contributed by atoms with Crippen LogP contribution in [-0.2, 0) is 11.2 Å².